The average molecular weight is 523 g/mol. The van der Waals surface area contributed by atoms with Gasteiger partial charge in [-0.2, -0.15) is 0 Å². The number of benzene rings is 3. The standard InChI is InChI=1S/C31H30N4O4/c1-34-16-18-35(19-17-34)31(37)39-28-14-12-25(30(36)33-26-13-15-29(38-2)32-21-26)20-27(28)24-10-8-23(9-11-24)22-6-4-3-5-7-22/h3-15,20-21H,16-19H2,1-2H3,(H,33,36). The van der Waals surface area contributed by atoms with Gasteiger partial charge in [-0.3, -0.25) is 4.79 Å². The Morgan fingerprint density at radius 1 is 0.821 bits per heavy atom. The molecule has 0 aliphatic carbocycles. The number of anilines is 1. The van der Waals surface area contributed by atoms with Crippen molar-refractivity contribution >= 4 is 17.7 Å². The first kappa shape index (κ1) is 25.9. The van der Waals surface area contributed by atoms with Crippen molar-refractivity contribution in [1.29, 1.82) is 0 Å². The van der Waals surface area contributed by atoms with Crippen LogP contribution in [-0.4, -0.2) is 67.1 Å². The van der Waals surface area contributed by atoms with E-state index in [0.717, 1.165) is 29.8 Å². The molecule has 2 heterocycles. The van der Waals surface area contributed by atoms with Crippen LogP contribution in [0.5, 0.6) is 11.6 Å². The zero-order valence-electron chi connectivity index (χ0n) is 22.0. The van der Waals surface area contributed by atoms with E-state index in [1.165, 1.54) is 13.3 Å². The molecule has 39 heavy (non-hydrogen) atoms. The number of methoxy groups -OCH3 is 1. The summed E-state index contributed by atoms with van der Waals surface area (Å²) in [4.78, 5) is 34.1. The van der Waals surface area contributed by atoms with E-state index >= 15 is 0 Å². The van der Waals surface area contributed by atoms with Crippen LogP contribution in [0.2, 0.25) is 0 Å². The summed E-state index contributed by atoms with van der Waals surface area (Å²) in [6.07, 6.45) is 1.14. The van der Waals surface area contributed by atoms with Gasteiger partial charge >= 0.3 is 6.09 Å². The Morgan fingerprint density at radius 3 is 2.18 bits per heavy atom. The zero-order chi connectivity index (χ0) is 27.2. The number of hydrogen-bond donors (Lipinski definition) is 1. The van der Waals surface area contributed by atoms with Crippen molar-refractivity contribution in [1.82, 2.24) is 14.8 Å². The number of likely N-dealkylation sites (N-methyl/N-ethyl adjacent to an activating group) is 1. The largest absolute Gasteiger partial charge is 0.481 e. The average Bonchev–Trinajstić information content (AvgIpc) is 2.98. The Kier molecular flexibility index (Phi) is 7.84. The van der Waals surface area contributed by atoms with Gasteiger partial charge in [-0.25, -0.2) is 9.78 Å². The molecule has 1 saturated heterocycles. The minimum absolute atomic E-state index is 0.305. The van der Waals surface area contributed by atoms with Crippen molar-refractivity contribution in [2.75, 3.05) is 45.7 Å². The van der Waals surface area contributed by atoms with E-state index in [0.29, 0.717) is 41.5 Å². The first-order chi connectivity index (χ1) is 19.0. The molecule has 1 fully saturated rings. The highest BCUT2D eigenvalue weighted by Crippen LogP contribution is 2.33. The summed E-state index contributed by atoms with van der Waals surface area (Å²) in [6.45, 7) is 2.80. The van der Waals surface area contributed by atoms with Crippen molar-refractivity contribution in [3.63, 3.8) is 0 Å². The number of aromatic nitrogens is 1. The van der Waals surface area contributed by atoms with Crippen LogP contribution in [0.4, 0.5) is 10.5 Å². The Balaban J connectivity index is 1.43. The van der Waals surface area contributed by atoms with Crippen LogP contribution in [0.25, 0.3) is 22.3 Å². The third-order valence-electron chi connectivity index (χ3n) is 6.71. The van der Waals surface area contributed by atoms with Crippen LogP contribution >= 0.6 is 0 Å². The topological polar surface area (TPSA) is 84.0 Å². The lowest BCUT2D eigenvalue weighted by Crippen LogP contribution is -2.48. The molecule has 5 rings (SSSR count). The Bertz CT molecular complexity index is 1430. The second kappa shape index (κ2) is 11.8. The number of pyridine rings is 1. The monoisotopic (exact) mass is 522 g/mol. The molecular weight excluding hydrogens is 492 g/mol. The number of amides is 2. The lowest BCUT2D eigenvalue weighted by atomic mass is 9.98. The summed E-state index contributed by atoms with van der Waals surface area (Å²) in [7, 11) is 3.57. The summed E-state index contributed by atoms with van der Waals surface area (Å²) in [6, 6.07) is 26.5. The van der Waals surface area contributed by atoms with Gasteiger partial charge in [0.15, 0.2) is 0 Å². The molecule has 4 aromatic rings. The number of nitrogens with one attached hydrogen (secondary N) is 1. The summed E-state index contributed by atoms with van der Waals surface area (Å²) >= 11 is 0. The fourth-order valence-electron chi connectivity index (χ4n) is 4.38. The van der Waals surface area contributed by atoms with Crippen molar-refractivity contribution < 1.29 is 19.1 Å². The highest BCUT2D eigenvalue weighted by molar-refractivity contribution is 6.05. The Hall–Kier alpha value is -4.69. The fraction of sp³-hybridized carbons (Fsp3) is 0.194. The molecule has 0 unspecified atom stereocenters. The lowest BCUT2D eigenvalue weighted by molar-refractivity contribution is 0.102. The van der Waals surface area contributed by atoms with Gasteiger partial charge in [0.2, 0.25) is 5.88 Å². The first-order valence-electron chi connectivity index (χ1n) is 12.8. The Labute approximate surface area is 227 Å². The van der Waals surface area contributed by atoms with Crippen molar-refractivity contribution in [3.8, 4) is 33.9 Å². The van der Waals surface area contributed by atoms with Crippen LogP contribution < -0.4 is 14.8 Å². The molecule has 1 aromatic heterocycles. The normalized spacial score (nSPS) is 13.5. The predicted octanol–water partition coefficient (Wildman–Crippen LogP) is 5.42. The van der Waals surface area contributed by atoms with Crippen molar-refractivity contribution in [3.05, 3.63) is 96.7 Å². The van der Waals surface area contributed by atoms with Crippen molar-refractivity contribution in [2.24, 2.45) is 0 Å². The van der Waals surface area contributed by atoms with Gasteiger partial charge in [0.05, 0.1) is 19.0 Å². The molecule has 2 amide bonds. The van der Waals surface area contributed by atoms with E-state index in [4.69, 9.17) is 9.47 Å². The van der Waals surface area contributed by atoms with Crippen LogP contribution in [0.15, 0.2) is 91.1 Å². The number of hydrogen-bond acceptors (Lipinski definition) is 6. The molecule has 3 aromatic carbocycles. The molecule has 0 saturated carbocycles. The van der Waals surface area contributed by atoms with E-state index < -0.39 is 6.09 Å². The zero-order valence-corrected chi connectivity index (χ0v) is 22.0. The van der Waals surface area contributed by atoms with Crippen LogP contribution in [0, 0.1) is 0 Å². The van der Waals surface area contributed by atoms with E-state index in [2.05, 4.69) is 27.3 Å². The van der Waals surface area contributed by atoms with Gasteiger partial charge in [0.25, 0.3) is 5.91 Å². The maximum absolute atomic E-state index is 13.1. The fourth-order valence-corrected chi connectivity index (χ4v) is 4.38. The summed E-state index contributed by atoms with van der Waals surface area (Å²) in [5.41, 5.74) is 4.62. The maximum Gasteiger partial charge on any atom is 0.415 e. The maximum atomic E-state index is 13.1. The minimum Gasteiger partial charge on any atom is -0.481 e. The number of piperazine rings is 1. The highest BCUT2D eigenvalue weighted by Gasteiger charge is 2.22. The van der Waals surface area contributed by atoms with Gasteiger partial charge in [-0.1, -0.05) is 54.6 Å². The summed E-state index contributed by atoms with van der Waals surface area (Å²) < 4.78 is 11.0. The highest BCUT2D eigenvalue weighted by atomic mass is 16.6. The number of carbonyl (C=O) groups is 2. The van der Waals surface area contributed by atoms with E-state index in [9.17, 15) is 9.59 Å². The molecule has 8 heteroatoms. The number of ether oxygens (including phenoxy) is 2. The SMILES string of the molecule is COc1ccc(NC(=O)c2ccc(OC(=O)N3CCN(C)CC3)c(-c3ccc(-c4ccccc4)cc3)c2)cn1. The molecule has 1 aliphatic rings. The van der Waals surface area contributed by atoms with Crippen molar-refractivity contribution in [2.45, 2.75) is 0 Å². The molecule has 1 N–H and O–H groups in total. The molecule has 0 spiro atoms. The quantitative estimate of drug-likeness (QED) is 0.364. The molecular formula is C31H30N4O4. The van der Waals surface area contributed by atoms with Gasteiger partial charge in [-0.05, 0) is 48.0 Å². The van der Waals surface area contributed by atoms with Crippen LogP contribution in [0.1, 0.15) is 10.4 Å². The third-order valence-corrected chi connectivity index (χ3v) is 6.71. The number of rotatable bonds is 6. The first-order valence-corrected chi connectivity index (χ1v) is 12.8. The van der Waals surface area contributed by atoms with Gasteiger partial charge in [0.1, 0.15) is 5.75 Å². The lowest BCUT2D eigenvalue weighted by Gasteiger charge is -2.31. The molecule has 1 aliphatic heterocycles. The number of carbonyl (C=O) groups excluding carboxylic acids is 2. The molecule has 0 atom stereocenters. The van der Waals surface area contributed by atoms with Gasteiger partial charge < -0.3 is 24.6 Å². The molecule has 0 radical (unpaired) electrons. The van der Waals surface area contributed by atoms with Crippen LogP contribution in [-0.2, 0) is 0 Å². The van der Waals surface area contributed by atoms with Gasteiger partial charge in [0, 0.05) is 43.4 Å². The summed E-state index contributed by atoms with van der Waals surface area (Å²) in [5.74, 6) is 0.552. The Morgan fingerprint density at radius 2 is 1.51 bits per heavy atom. The third kappa shape index (κ3) is 6.25. The minimum atomic E-state index is -0.397. The second-order valence-electron chi connectivity index (χ2n) is 9.36. The number of nitrogens with zero attached hydrogens (tertiary/aromatic N) is 3. The predicted molar refractivity (Wildman–Crippen MR) is 151 cm³/mol. The van der Waals surface area contributed by atoms with E-state index in [-0.39, 0.29) is 5.91 Å². The molecule has 0 bridgehead atoms. The van der Waals surface area contributed by atoms with Crippen LogP contribution in [0.3, 0.4) is 0 Å². The summed E-state index contributed by atoms with van der Waals surface area (Å²) in [5, 5.41) is 2.86. The van der Waals surface area contributed by atoms with E-state index in [1.807, 2.05) is 49.5 Å². The molecule has 8 nitrogen and oxygen atoms in total. The molecule has 198 valence electrons. The second-order valence-corrected chi connectivity index (χ2v) is 9.36. The smallest absolute Gasteiger partial charge is 0.415 e. The van der Waals surface area contributed by atoms with E-state index in [1.54, 1.807) is 35.2 Å². The van der Waals surface area contributed by atoms with Gasteiger partial charge in [-0.15, -0.1) is 0 Å².